The van der Waals surface area contributed by atoms with Crippen molar-refractivity contribution in [3.05, 3.63) is 0 Å². The van der Waals surface area contributed by atoms with Gasteiger partial charge in [0.05, 0.1) is 0 Å². The highest BCUT2D eigenvalue weighted by atomic mass is 16.4. The van der Waals surface area contributed by atoms with Crippen molar-refractivity contribution in [1.29, 1.82) is 0 Å². The zero-order valence-electron chi connectivity index (χ0n) is 12.3. The highest BCUT2D eigenvalue weighted by molar-refractivity contribution is 5.66. The van der Waals surface area contributed by atoms with Gasteiger partial charge in [-0.1, -0.05) is 84.0 Å². The maximum atomic E-state index is 10.3. The second kappa shape index (κ2) is 14.5. The van der Waals surface area contributed by atoms with Crippen LogP contribution >= 0.6 is 0 Å². The first-order valence-electron chi connectivity index (χ1n) is 7.99. The van der Waals surface area contributed by atoms with Crippen LogP contribution in [0, 0.1) is 0 Å². The number of hydrogen-bond acceptors (Lipinski definition) is 1. The third kappa shape index (κ3) is 15.5. The first-order chi connectivity index (χ1) is 8.77. The van der Waals surface area contributed by atoms with Crippen LogP contribution in [0.1, 0.15) is 96.8 Å². The van der Waals surface area contributed by atoms with Crippen LogP contribution < -0.4 is 0 Å². The fraction of sp³-hybridized carbons (Fsp3) is 0.938. The second-order valence-corrected chi connectivity index (χ2v) is 5.39. The lowest BCUT2D eigenvalue weighted by atomic mass is 10.1. The highest BCUT2D eigenvalue weighted by Gasteiger charge is 1.96. The number of rotatable bonds is 14. The molecule has 2 heteroatoms. The van der Waals surface area contributed by atoms with Gasteiger partial charge in [-0.15, -0.1) is 0 Å². The fourth-order valence-electron chi connectivity index (χ4n) is 2.29. The van der Waals surface area contributed by atoms with Gasteiger partial charge in [0, 0.05) is 6.42 Å². The molecule has 2 nitrogen and oxygen atoms in total. The summed E-state index contributed by atoms with van der Waals surface area (Å²) in [6.45, 7) is 2.26. The molecular formula is C16H32O2. The van der Waals surface area contributed by atoms with Crippen molar-refractivity contribution in [1.82, 2.24) is 0 Å². The molecule has 0 aliphatic carbocycles. The van der Waals surface area contributed by atoms with Crippen molar-refractivity contribution >= 4 is 5.97 Å². The summed E-state index contributed by atoms with van der Waals surface area (Å²) in [4.78, 5) is 10.3. The zero-order chi connectivity index (χ0) is 13.5. The molecule has 0 aromatic heterocycles. The minimum atomic E-state index is -0.655. The summed E-state index contributed by atoms with van der Waals surface area (Å²) in [5, 5.41) is 8.49. The number of carboxylic acids is 1. The van der Waals surface area contributed by atoms with Crippen LogP contribution in [0.4, 0.5) is 0 Å². The van der Waals surface area contributed by atoms with Gasteiger partial charge in [0.2, 0.25) is 0 Å². The van der Waals surface area contributed by atoms with E-state index in [2.05, 4.69) is 6.92 Å². The van der Waals surface area contributed by atoms with E-state index in [0.717, 1.165) is 12.8 Å². The van der Waals surface area contributed by atoms with E-state index in [1.54, 1.807) is 0 Å². The zero-order valence-corrected chi connectivity index (χ0v) is 12.3. The van der Waals surface area contributed by atoms with Gasteiger partial charge in [-0.25, -0.2) is 0 Å². The highest BCUT2D eigenvalue weighted by Crippen LogP contribution is 2.12. The van der Waals surface area contributed by atoms with Crippen molar-refractivity contribution < 1.29 is 9.90 Å². The molecule has 0 radical (unpaired) electrons. The Balaban J connectivity index is 2.92. The van der Waals surface area contributed by atoms with Crippen LogP contribution in [-0.4, -0.2) is 11.1 Å². The fourth-order valence-corrected chi connectivity index (χ4v) is 2.29. The molecule has 0 fully saturated rings. The summed E-state index contributed by atoms with van der Waals surface area (Å²) < 4.78 is 0. The Morgan fingerprint density at radius 2 is 1.00 bits per heavy atom. The summed E-state index contributed by atoms with van der Waals surface area (Å²) in [5.41, 5.74) is 0. The Morgan fingerprint density at radius 1 is 0.667 bits per heavy atom. The molecule has 0 aromatic carbocycles. The third-order valence-corrected chi connectivity index (χ3v) is 3.49. The largest absolute Gasteiger partial charge is 0.481 e. The number of carbonyl (C=O) groups is 1. The Hall–Kier alpha value is -0.530. The van der Waals surface area contributed by atoms with Gasteiger partial charge < -0.3 is 5.11 Å². The SMILES string of the molecule is CCCCCCCCCCCCCC[13CH2]C(=O)O. The van der Waals surface area contributed by atoms with E-state index in [0.29, 0.717) is 6.42 Å². The van der Waals surface area contributed by atoms with Gasteiger partial charge in [0.15, 0.2) is 0 Å². The predicted octanol–water partition coefficient (Wildman–Crippen LogP) is 5.55. The maximum absolute atomic E-state index is 10.3. The second-order valence-electron chi connectivity index (χ2n) is 5.39. The summed E-state index contributed by atoms with van der Waals surface area (Å²) in [5.74, 6) is -0.655. The van der Waals surface area contributed by atoms with E-state index in [1.807, 2.05) is 0 Å². The van der Waals surface area contributed by atoms with Crippen LogP contribution in [0.3, 0.4) is 0 Å². The smallest absolute Gasteiger partial charge is 0.303 e. The van der Waals surface area contributed by atoms with E-state index >= 15 is 0 Å². The Labute approximate surface area is 113 Å². The minimum absolute atomic E-state index is 0.345. The summed E-state index contributed by atoms with van der Waals surface area (Å²) in [6.07, 6.45) is 17.3. The molecule has 18 heavy (non-hydrogen) atoms. The van der Waals surface area contributed by atoms with Crippen LogP contribution in [0.2, 0.25) is 0 Å². The van der Waals surface area contributed by atoms with Gasteiger partial charge in [-0.3, -0.25) is 4.79 Å². The van der Waals surface area contributed by atoms with Gasteiger partial charge in [0.1, 0.15) is 0 Å². The topological polar surface area (TPSA) is 37.3 Å². The molecule has 0 aromatic rings. The molecule has 0 bridgehead atoms. The first-order valence-corrected chi connectivity index (χ1v) is 7.99. The lowest BCUT2D eigenvalue weighted by Crippen LogP contribution is -1.93. The molecule has 0 amide bonds. The van der Waals surface area contributed by atoms with Crippen LogP contribution in [0.5, 0.6) is 0 Å². The molecule has 1 N–H and O–H groups in total. The summed E-state index contributed by atoms with van der Waals surface area (Å²) in [6, 6.07) is 0. The average Bonchev–Trinajstić information content (AvgIpc) is 2.34. The Bertz CT molecular complexity index is 178. The average molecular weight is 257 g/mol. The number of carboxylic acid groups (broad SMARTS) is 1. The normalized spacial score (nSPS) is 10.7. The molecule has 0 rings (SSSR count). The molecule has 0 atom stereocenters. The lowest BCUT2D eigenvalue weighted by Gasteiger charge is -2.02. The van der Waals surface area contributed by atoms with Crippen molar-refractivity contribution in [2.45, 2.75) is 96.8 Å². The quantitative estimate of drug-likeness (QED) is 0.327. The Kier molecular flexibility index (Phi) is 14.1. The number of hydrogen-bond donors (Lipinski definition) is 1. The molecule has 0 heterocycles. The lowest BCUT2D eigenvalue weighted by molar-refractivity contribution is -0.137. The molecular weight excluding hydrogens is 225 g/mol. The van der Waals surface area contributed by atoms with Crippen LogP contribution in [-0.2, 0) is 4.79 Å². The van der Waals surface area contributed by atoms with E-state index in [1.165, 1.54) is 70.6 Å². The van der Waals surface area contributed by atoms with Crippen LogP contribution in [0.15, 0.2) is 0 Å². The van der Waals surface area contributed by atoms with Crippen molar-refractivity contribution in [2.24, 2.45) is 0 Å². The van der Waals surface area contributed by atoms with E-state index in [9.17, 15) is 4.79 Å². The van der Waals surface area contributed by atoms with Crippen molar-refractivity contribution in [2.75, 3.05) is 0 Å². The third-order valence-electron chi connectivity index (χ3n) is 3.49. The predicted molar refractivity (Wildman–Crippen MR) is 77.9 cm³/mol. The molecule has 0 spiro atoms. The Morgan fingerprint density at radius 3 is 1.33 bits per heavy atom. The van der Waals surface area contributed by atoms with Gasteiger partial charge in [-0.05, 0) is 6.42 Å². The van der Waals surface area contributed by atoms with E-state index in [-0.39, 0.29) is 0 Å². The standard InChI is InChI=1S/C16H32O2/c1-2-3-4-5-6-7-8-9-10-11-12-13-14-15-16(17)18/h2-15H2,1H3,(H,17,18)/i15+1. The first kappa shape index (κ1) is 17.5. The number of aliphatic carboxylic acids is 1. The molecule has 0 saturated heterocycles. The van der Waals surface area contributed by atoms with Crippen LogP contribution in [0.25, 0.3) is 0 Å². The van der Waals surface area contributed by atoms with E-state index < -0.39 is 5.97 Å². The van der Waals surface area contributed by atoms with E-state index in [4.69, 9.17) is 5.11 Å². The molecule has 0 aliphatic heterocycles. The summed E-state index contributed by atoms with van der Waals surface area (Å²) >= 11 is 0. The minimum Gasteiger partial charge on any atom is -0.481 e. The molecule has 0 saturated carbocycles. The molecule has 108 valence electrons. The molecule has 0 aliphatic rings. The van der Waals surface area contributed by atoms with Crippen molar-refractivity contribution in [3.8, 4) is 0 Å². The molecule has 0 unspecified atom stereocenters. The van der Waals surface area contributed by atoms with Gasteiger partial charge >= 0.3 is 5.97 Å². The van der Waals surface area contributed by atoms with Gasteiger partial charge in [-0.2, -0.15) is 0 Å². The van der Waals surface area contributed by atoms with Crippen molar-refractivity contribution in [3.63, 3.8) is 0 Å². The summed E-state index contributed by atoms with van der Waals surface area (Å²) in [7, 11) is 0. The maximum Gasteiger partial charge on any atom is 0.303 e. The monoisotopic (exact) mass is 257 g/mol. The van der Waals surface area contributed by atoms with Gasteiger partial charge in [0.25, 0.3) is 0 Å². The number of unbranched alkanes of at least 4 members (excludes halogenated alkanes) is 12.